The van der Waals surface area contributed by atoms with Crippen LogP contribution in [-0.4, -0.2) is 49.1 Å². The van der Waals surface area contributed by atoms with E-state index >= 15 is 0 Å². The second kappa shape index (κ2) is 3.88. The predicted octanol–water partition coefficient (Wildman–Crippen LogP) is 1.02. The van der Waals surface area contributed by atoms with Crippen molar-refractivity contribution in [2.45, 2.75) is 0 Å². The number of anilines is 1. The Hall–Kier alpha value is -1.75. The Morgan fingerprint density at radius 1 is 1.28 bits per heavy atom. The number of carbonyl (C=O) groups excluding carboxylic acids is 1. The quantitative estimate of drug-likeness (QED) is 0.753. The maximum atomic E-state index is 11.9. The minimum Gasteiger partial charge on any atom is -0.408 e. The van der Waals surface area contributed by atoms with Gasteiger partial charge < -0.3 is 20.3 Å². The highest BCUT2D eigenvalue weighted by atomic mass is 16.6. The molecule has 1 spiro atoms. The molecule has 18 heavy (non-hydrogen) atoms. The van der Waals surface area contributed by atoms with E-state index in [1.54, 1.807) is 23.1 Å². The van der Waals surface area contributed by atoms with Crippen molar-refractivity contribution in [3.05, 3.63) is 24.3 Å². The Labute approximate surface area is 106 Å². The number of carbonyl (C=O) groups is 1. The Bertz CT molecular complexity index is 475. The molecule has 5 heteroatoms. The number of likely N-dealkylation sites (tertiary alicyclic amines) is 2. The van der Waals surface area contributed by atoms with E-state index in [4.69, 9.17) is 10.5 Å². The number of nitrogens with two attached hydrogens (primary N) is 1. The SMILES string of the molecule is CN1CC2(C1)CN(C(=O)Oc1ccccc1N)C2. The molecule has 96 valence electrons. The van der Waals surface area contributed by atoms with Crippen molar-refractivity contribution in [1.82, 2.24) is 9.80 Å². The van der Waals surface area contributed by atoms with Crippen LogP contribution in [0.4, 0.5) is 10.5 Å². The lowest BCUT2D eigenvalue weighted by Crippen LogP contribution is -2.72. The number of hydrogen-bond acceptors (Lipinski definition) is 4. The maximum Gasteiger partial charge on any atom is 0.415 e. The molecule has 1 aromatic rings. The third-order valence-electron chi connectivity index (χ3n) is 3.64. The van der Waals surface area contributed by atoms with Gasteiger partial charge >= 0.3 is 6.09 Å². The van der Waals surface area contributed by atoms with Crippen molar-refractivity contribution >= 4 is 11.8 Å². The van der Waals surface area contributed by atoms with Crippen molar-refractivity contribution in [2.75, 3.05) is 39.0 Å². The first-order valence-electron chi connectivity index (χ1n) is 6.08. The highest BCUT2D eigenvalue weighted by Gasteiger charge is 2.52. The van der Waals surface area contributed by atoms with E-state index in [1.807, 2.05) is 6.07 Å². The second-order valence-corrected chi connectivity index (χ2v) is 5.43. The van der Waals surface area contributed by atoms with Gasteiger partial charge in [0.05, 0.1) is 5.69 Å². The van der Waals surface area contributed by atoms with Gasteiger partial charge in [-0.3, -0.25) is 0 Å². The van der Waals surface area contributed by atoms with Crippen LogP contribution in [-0.2, 0) is 0 Å². The molecule has 0 atom stereocenters. The summed E-state index contributed by atoms with van der Waals surface area (Å²) in [6.07, 6.45) is -0.298. The summed E-state index contributed by atoms with van der Waals surface area (Å²) < 4.78 is 5.29. The van der Waals surface area contributed by atoms with Crippen molar-refractivity contribution in [3.8, 4) is 5.75 Å². The molecule has 1 amide bonds. The molecule has 1 aromatic carbocycles. The van der Waals surface area contributed by atoms with Crippen LogP contribution in [0.3, 0.4) is 0 Å². The van der Waals surface area contributed by atoms with Crippen LogP contribution in [0.5, 0.6) is 5.75 Å². The molecule has 2 aliphatic rings. The minimum absolute atomic E-state index is 0.298. The molecule has 2 saturated heterocycles. The number of para-hydroxylation sites is 2. The van der Waals surface area contributed by atoms with Crippen molar-refractivity contribution in [2.24, 2.45) is 5.41 Å². The number of ether oxygens (including phenoxy) is 1. The smallest absolute Gasteiger partial charge is 0.408 e. The van der Waals surface area contributed by atoms with Crippen LogP contribution in [0.15, 0.2) is 24.3 Å². The third kappa shape index (κ3) is 1.80. The average Bonchev–Trinajstić information content (AvgIpc) is 2.24. The van der Waals surface area contributed by atoms with Gasteiger partial charge in [0.25, 0.3) is 0 Å². The van der Waals surface area contributed by atoms with E-state index in [-0.39, 0.29) is 6.09 Å². The van der Waals surface area contributed by atoms with Gasteiger partial charge in [-0.1, -0.05) is 12.1 Å². The highest BCUT2D eigenvalue weighted by molar-refractivity contribution is 5.74. The lowest BCUT2D eigenvalue weighted by atomic mass is 9.73. The average molecular weight is 247 g/mol. The molecule has 0 aliphatic carbocycles. The van der Waals surface area contributed by atoms with Gasteiger partial charge in [0.15, 0.2) is 5.75 Å². The molecule has 0 saturated carbocycles. The van der Waals surface area contributed by atoms with Crippen LogP contribution in [0.1, 0.15) is 0 Å². The van der Waals surface area contributed by atoms with Crippen molar-refractivity contribution < 1.29 is 9.53 Å². The van der Waals surface area contributed by atoms with E-state index in [1.165, 1.54) is 0 Å². The fourth-order valence-corrected chi connectivity index (χ4v) is 2.92. The standard InChI is InChI=1S/C13H17N3O2/c1-15-6-13(7-15)8-16(9-13)12(17)18-11-5-3-2-4-10(11)14/h2-5H,6-9,14H2,1H3. The Morgan fingerprint density at radius 3 is 2.56 bits per heavy atom. The summed E-state index contributed by atoms with van der Waals surface area (Å²) in [6.45, 7) is 3.74. The Morgan fingerprint density at radius 2 is 1.94 bits per heavy atom. The number of rotatable bonds is 1. The lowest BCUT2D eigenvalue weighted by Gasteiger charge is -2.58. The summed E-state index contributed by atoms with van der Waals surface area (Å²) in [5.74, 6) is 0.439. The normalized spacial score (nSPS) is 21.3. The van der Waals surface area contributed by atoms with E-state index < -0.39 is 0 Å². The number of hydrogen-bond donors (Lipinski definition) is 1. The summed E-state index contributed by atoms with van der Waals surface area (Å²) in [5, 5.41) is 0. The zero-order chi connectivity index (χ0) is 12.8. The number of benzene rings is 1. The monoisotopic (exact) mass is 247 g/mol. The van der Waals surface area contributed by atoms with Crippen LogP contribution in [0.2, 0.25) is 0 Å². The fourth-order valence-electron chi connectivity index (χ4n) is 2.92. The molecule has 0 aromatic heterocycles. The van der Waals surface area contributed by atoms with Gasteiger partial charge in [0.1, 0.15) is 0 Å². The molecule has 0 bridgehead atoms. The van der Waals surface area contributed by atoms with Gasteiger partial charge in [-0.2, -0.15) is 0 Å². The van der Waals surface area contributed by atoms with Crippen LogP contribution >= 0.6 is 0 Å². The molecule has 2 aliphatic heterocycles. The number of nitrogens with zero attached hydrogens (tertiary/aromatic N) is 2. The first-order valence-corrected chi connectivity index (χ1v) is 6.08. The second-order valence-electron chi connectivity index (χ2n) is 5.43. The summed E-state index contributed by atoms with van der Waals surface area (Å²) in [7, 11) is 2.09. The van der Waals surface area contributed by atoms with Gasteiger partial charge in [-0.25, -0.2) is 4.79 Å². The fraction of sp³-hybridized carbons (Fsp3) is 0.462. The molecule has 0 radical (unpaired) electrons. The summed E-state index contributed by atoms with van der Waals surface area (Å²) >= 11 is 0. The van der Waals surface area contributed by atoms with Gasteiger partial charge in [-0.05, 0) is 19.2 Å². The van der Waals surface area contributed by atoms with Gasteiger partial charge in [-0.15, -0.1) is 0 Å². The largest absolute Gasteiger partial charge is 0.415 e. The van der Waals surface area contributed by atoms with E-state index in [0.29, 0.717) is 16.9 Å². The molecule has 2 fully saturated rings. The van der Waals surface area contributed by atoms with E-state index in [2.05, 4.69) is 11.9 Å². The van der Waals surface area contributed by atoms with Crippen molar-refractivity contribution in [3.63, 3.8) is 0 Å². The Balaban J connectivity index is 1.56. The van der Waals surface area contributed by atoms with E-state index in [9.17, 15) is 4.79 Å². The zero-order valence-electron chi connectivity index (χ0n) is 10.4. The minimum atomic E-state index is -0.298. The first-order chi connectivity index (χ1) is 8.58. The van der Waals surface area contributed by atoms with Gasteiger partial charge in [0, 0.05) is 31.6 Å². The molecular weight excluding hydrogens is 230 g/mol. The summed E-state index contributed by atoms with van der Waals surface area (Å²) in [5.41, 5.74) is 6.55. The van der Waals surface area contributed by atoms with Crippen LogP contribution < -0.4 is 10.5 Å². The van der Waals surface area contributed by atoms with Crippen molar-refractivity contribution in [1.29, 1.82) is 0 Å². The maximum absolute atomic E-state index is 11.9. The number of amides is 1. The first kappa shape index (κ1) is 11.3. The van der Waals surface area contributed by atoms with Crippen LogP contribution in [0, 0.1) is 5.41 Å². The predicted molar refractivity (Wildman–Crippen MR) is 68.4 cm³/mol. The molecule has 2 heterocycles. The molecule has 0 unspecified atom stereocenters. The van der Waals surface area contributed by atoms with Gasteiger partial charge in [0.2, 0.25) is 0 Å². The lowest BCUT2D eigenvalue weighted by molar-refractivity contribution is -0.0891. The molecule has 2 N–H and O–H groups in total. The number of nitrogen functional groups attached to an aromatic ring is 1. The topological polar surface area (TPSA) is 58.8 Å². The summed E-state index contributed by atoms with van der Waals surface area (Å²) in [6, 6.07) is 7.05. The van der Waals surface area contributed by atoms with E-state index in [0.717, 1.165) is 26.2 Å². The third-order valence-corrected chi connectivity index (χ3v) is 3.64. The van der Waals surface area contributed by atoms with Crippen LogP contribution in [0.25, 0.3) is 0 Å². The summed E-state index contributed by atoms with van der Waals surface area (Å²) in [4.78, 5) is 15.9. The molecular formula is C13H17N3O2. The highest BCUT2D eigenvalue weighted by Crippen LogP contribution is 2.39. The molecule has 3 rings (SSSR count). The zero-order valence-corrected chi connectivity index (χ0v) is 10.4. The Kier molecular flexibility index (Phi) is 2.45. The molecule has 5 nitrogen and oxygen atoms in total.